The molecule has 0 saturated heterocycles. The number of hydrogen-bond donors (Lipinski definition) is 2. The lowest BCUT2D eigenvalue weighted by Gasteiger charge is -2.28. The monoisotopic (exact) mass is 218 g/mol. The molecular weight excluding hydrogens is 196 g/mol. The van der Waals surface area contributed by atoms with Crippen molar-refractivity contribution in [3.8, 4) is 0 Å². The molecule has 4 N–H and O–H groups in total. The van der Waals surface area contributed by atoms with Gasteiger partial charge >= 0.3 is 0 Å². The van der Waals surface area contributed by atoms with Crippen LogP contribution < -0.4 is 11.5 Å². The van der Waals surface area contributed by atoms with Crippen LogP contribution in [0.25, 0.3) is 0 Å². The smallest absolute Gasteiger partial charge is 0.0472 e. The molecule has 1 aliphatic rings. The molecular formula is C14H22N2. The summed E-state index contributed by atoms with van der Waals surface area (Å²) in [7, 11) is 0. The van der Waals surface area contributed by atoms with Gasteiger partial charge in [0.15, 0.2) is 0 Å². The Kier molecular flexibility index (Phi) is 3.04. The maximum absolute atomic E-state index is 6.18. The van der Waals surface area contributed by atoms with Crippen LogP contribution in [-0.4, -0.2) is 5.54 Å². The number of benzene rings is 1. The van der Waals surface area contributed by atoms with Gasteiger partial charge in [0.05, 0.1) is 0 Å². The van der Waals surface area contributed by atoms with Gasteiger partial charge in [-0.15, -0.1) is 0 Å². The van der Waals surface area contributed by atoms with Crippen LogP contribution in [0, 0.1) is 0 Å². The minimum absolute atomic E-state index is 0.0836. The van der Waals surface area contributed by atoms with Crippen LogP contribution in [0.1, 0.15) is 49.4 Å². The van der Waals surface area contributed by atoms with Crippen molar-refractivity contribution in [3.05, 3.63) is 34.9 Å². The average Bonchev–Trinajstić information content (AvgIpc) is 2.26. The summed E-state index contributed by atoms with van der Waals surface area (Å²) in [6, 6.07) is 6.55. The molecule has 1 unspecified atom stereocenters. The number of rotatable bonds is 2. The number of aryl methyl sites for hydroxylation is 2. The molecule has 0 aliphatic heterocycles. The van der Waals surface area contributed by atoms with Gasteiger partial charge in [-0.05, 0) is 56.2 Å². The summed E-state index contributed by atoms with van der Waals surface area (Å²) in [4.78, 5) is 0. The molecule has 1 aliphatic carbocycles. The molecule has 1 aromatic carbocycles. The Labute approximate surface area is 98.0 Å². The molecule has 16 heavy (non-hydrogen) atoms. The Morgan fingerprint density at radius 3 is 2.38 bits per heavy atom. The fourth-order valence-electron chi connectivity index (χ4n) is 2.38. The van der Waals surface area contributed by atoms with Gasteiger partial charge in [-0.3, -0.25) is 0 Å². The molecule has 0 amide bonds. The van der Waals surface area contributed by atoms with Crippen LogP contribution in [0.15, 0.2) is 18.2 Å². The largest absolute Gasteiger partial charge is 0.324 e. The Balaban J connectivity index is 2.30. The van der Waals surface area contributed by atoms with Gasteiger partial charge in [0.2, 0.25) is 0 Å². The van der Waals surface area contributed by atoms with E-state index in [1.165, 1.54) is 42.4 Å². The maximum atomic E-state index is 6.18. The quantitative estimate of drug-likeness (QED) is 0.800. The van der Waals surface area contributed by atoms with E-state index in [0.29, 0.717) is 0 Å². The molecule has 0 aromatic heterocycles. The third-order valence-electron chi connectivity index (χ3n) is 3.53. The summed E-state index contributed by atoms with van der Waals surface area (Å²) in [6.45, 7) is 3.97. The topological polar surface area (TPSA) is 52.0 Å². The second-order valence-corrected chi connectivity index (χ2v) is 5.53. The molecule has 2 nitrogen and oxygen atoms in total. The lowest BCUT2D eigenvalue weighted by atomic mass is 9.85. The molecule has 0 bridgehead atoms. The van der Waals surface area contributed by atoms with Crippen molar-refractivity contribution in [2.24, 2.45) is 11.5 Å². The first-order valence-corrected chi connectivity index (χ1v) is 6.14. The van der Waals surface area contributed by atoms with Crippen molar-refractivity contribution >= 4 is 0 Å². The Hall–Kier alpha value is -0.860. The predicted molar refractivity (Wildman–Crippen MR) is 68.3 cm³/mol. The van der Waals surface area contributed by atoms with Crippen molar-refractivity contribution in [1.82, 2.24) is 0 Å². The summed E-state index contributed by atoms with van der Waals surface area (Å²) in [6.07, 6.45) is 5.04. The highest BCUT2D eigenvalue weighted by Crippen LogP contribution is 2.27. The minimum atomic E-state index is -0.358. The zero-order valence-corrected chi connectivity index (χ0v) is 10.3. The highest BCUT2D eigenvalue weighted by Gasteiger charge is 2.23. The zero-order chi connectivity index (χ0) is 11.8. The molecule has 0 heterocycles. The second-order valence-electron chi connectivity index (χ2n) is 5.53. The fraction of sp³-hybridized carbons (Fsp3) is 0.571. The minimum Gasteiger partial charge on any atom is -0.324 e. The van der Waals surface area contributed by atoms with Gasteiger partial charge in [0.1, 0.15) is 0 Å². The second kappa shape index (κ2) is 4.19. The number of nitrogens with two attached hydrogens (primary N) is 2. The van der Waals surface area contributed by atoms with Gasteiger partial charge in [0, 0.05) is 11.6 Å². The van der Waals surface area contributed by atoms with E-state index in [4.69, 9.17) is 11.5 Å². The zero-order valence-electron chi connectivity index (χ0n) is 10.3. The Bertz CT molecular complexity index is 377. The normalized spacial score (nSPS) is 18.0. The standard InChI is InChI=1S/C14H22N2/c1-14(2,16)13(15)12-8-7-10-5-3-4-6-11(10)9-12/h7-9,13H,3-6,15-16H2,1-2H3. The van der Waals surface area contributed by atoms with Crippen LogP contribution in [-0.2, 0) is 12.8 Å². The third kappa shape index (κ3) is 2.28. The van der Waals surface area contributed by atoms with E-state index in [2.05, 4.69) is 18.2 Å². The van der Waals surface area contributed by atoms with Crippen molar-refractivity contribution in [3.63, 3.8) is 0 Å². The highest BCUT2D eigenvalue weighted by molar-refractivity contribution is 5.36. The summed E-state index contributed by atoms with van der Waals surface area (Å²) in [5.41, 5.74) is 16.0. The molecule has 0 saturated carbocycles. The van der Waals surface area contributed by atoms with Crippen molar-refractivity contribution < 1.29 is 0 Å². The summed E-state index contributed by atoms with van der Waals surface area (Å²) < 4.78 is 0. The van der Waals surface area contributed by atoms with E-state index in [0.717, 1.165) is 0 Å². The van der Waals surface area contributed by atoms with Crippen LogP contribution in [0.4, 0.5) is 0 Å². The molecule has 1 aromatic rings. The van der Waals surface area contributed by atoms with E-state index >= 15 is 0 Å². The van der Waals surface area contributed by atoms with Gasteiger partial charge in [-0.2, -0.15) is 0 Å². The van der Waals surface area contributed by atoms with Crippen LogP contribution in [0.3, 0.4) is 0 Å². The molecule has 2 heteroatoms. The van der Waals surface area contributed by atoms with E-state index in [1.807, 2.05) is 13.8 Å². The first kappa shape index (κ1) is 11.6. The number of hydrogen-bond acceptors (Lipinski definition) is 2. The predicted octanol–water partition coefficient (Wildman–Crippen LogP) is 2.30. The molecule has 0 radical (unpaired) electrons. The van der Waals surface area contributed by atoms with Crippen LogP contribution in [0.5, 0.6) is 0 Å². The van der Waals surface area contributed by atoms with E-state index in [-0.39, 0.29) is 11.6 Å². The maximum Gasteiger partial charge on any atom is 0.0472 e. The Morgan fingerprint density at radius 2 is 1.75 bits per heavy atom. The van der Waals surface area contributed by atoms with Gasteiger partial charge in [0.25, 0.3) is 0 Å². The van der Waals surface area contributed by atoms with Gasteiger partial charge < -0.3 is 11.5 Å². The summed E-state index contributed by atoms with van der Waals surface area (Å²) >= 11 is 0. The van der Waals surface area contributed by atoms with Gasteiger partial charge in [-0.25, -0.2) is 0 Å². The molecule has 1 atom stereocenters. The molecule has 88 valence electrons. The first-order chi connectivity index (χ1) is 7.48. The van der Waals surface area contributed by atoms with Crippen LogP contribution in [0.2, 0.25) is 0 Å². The summed E-state index contributed by atoms with van der Waals surface area (Å²) in [5.74, 6) is 0. The highest BCUT2D eigenvalue weighted by atomic mass is 14.8. The molecule has 2 rings (SSSR count). The lowest BCUT2D eigenvalue weighted by molar-refractivity contribution is 0.420. The number of fused-ring (bicyclic) bond motifs is 1. The molecule has 0 fully saturated rings. The lowest BCUT2D eigenvalue weighted by Crippen LogP contribution is -2.43. The van der Waals surface area contributed by atoms with Crippen molar-refractivity contribution in [1.29, 1.82) is 0 Å². The Morgan fingerprint density at radius 1 is 1.12 bits per heavy atom. The van der Waals surface area contributed by atoms with Gasteiger partial charge in [-0.1, -0.05) is 18.2 Å². The SMILES string of the molecule is CC(C)(N)C(N)c1ccc2c(c1)CCCC2. The average molecular weight is 218 g/mol. The summed E-state index contributed by atoms with van der Waals surface area (Å²) in [5, 5.41) is 0. The van der Waals surface area contributed by atoms with E-state index in [1.54, 1.807) is 0 Å². The molecule has 0 spiro atoms. The van der Waals surface area contributed by atoms with Crippen molar-refractivity contribution in [2.75, 3.05) is 0 Å². The van der Waals surface area contributed by atoms with E-state index < -0.39 is 0 Å². The van der Waals surface area contributed by atoms with E-state index in [9.17, 15) is 0 Å². The van der Waals surface area contributed by atoms with Crippen LogP contribution >= 0.6 is 0 Å². The first-order valence-electron chi connectivity index (χ1n) is 6.14. The fourth-order valence-corrected chi connectivity index (χ4v) is 2.38. The third-order valence-corrected chi connectivity index (χ3v) is 3.53. The van der Waals surface area contributed by atoms with Crippen molar-refractivity contribution in [2.45, 2.75) is 51.1 Å².